The minimum Gasteiger partial charge on any atom is -0.478 e. The van der Waals surface area contributed by atoms with Gasteiger partial charge in [0.2, 0.25) is 0 Å². The molecule has 0 saturated heterocycles. The summed E-state index contributed by atoms with van der Waals surface area (Å²) in [5.74, 6) is -1.22. The van der Waals surface area contributed by atoms with Crippen LogP contribution in [0.2, 0.25) is 0 Å². The van der Waals surface area contributed by atoms with E-state index in [9.17, 15) is 9.59 Å². The van der Waals surface area contributed by atoms with Crippen molar-refractivity contribution in [1.29, 1.82) is 0 Å². The second-order valence-electron chi connectivity index (χ2n) is 3.49. The van der Waals surface area contributed by atoms with Crippen LogP contribution in [-0.4, -0.2) is 31.1 Å². The van der Waals surface area contributed by atoms with Crippen molar-refractivity contribution in [3.05, 3.63) is 42.7 Å². The zero-order valence-electron chi connectivity index (χ0n) is 10.7. The molecule has 5 heteroatoms. The predicted octanol–water partition coefficient (Wildman–Crippen LogP) is 2.14. The molecule has 18 heavy (non-hydrogen) atoms. The van der Waals surface area contributed by atoms with Crippen molar-refractivity contribution in [1.82, 2.24) is 0 Å². The molecule has 1 rings (SSSR count). The Labute approximate surface area is 106 Å². The molecule has 0 saturated carbocycles. The Hall–Kier alpha value is -2.30. The molecule has 0 bridgehead atoms. The Balaban J connectivity index is 0.000000411. The van der Waals surface area contributed by atoms with Gasteiger partial charge >= 0.3 is 11.9 Å². The Kier molecular flexibility index (Phi) is 6.88. The topological polar surface area (TPSA) is 66.8 Å². The van der Waals surface area contributed by atoms with E-state index in [4.69, 9.17) is 5.11 Å². The highest BCUT2D eigenvalue weighted by atomic mass is 16.5. The average Bonchev–Trinajstić information content (AvgIpc) is 2.29. The van der Waals surface area contributed by atoms with Crippen molar-refractivity contribution in [3.8, 4) is 0 Å². The normalized spacial score (nSPS) is 8.61. The second-order valence-corrected chi connectivity index (χ2v) is 3.49. The SMILES string of the molecule is C=COC(C)=O.CN(C)c1ccccc1C(=O)O. The molecule has 0 aromatic heterocycles. The average molecular weight is 251 g/mol. The number of carbonyl (C=O) groups excluding carboxylic acids is 1. The van der Waals surface area contributed by atoms with Gasteiger partial charge in [-0.1, -0.05) is 18.7 Å². The molecule has 1 N–H and O–H groups in total. The second kappa shape index (κ2) is 7.89. The highest BCUT2D eigenvalue weighted by Crippen LogP contribution is 2.17. The number of hydrogen-bond acceptors (Lipinski definition) is 4. The predicted molar refractivity (Wildman–Crippen MR) is 69.7 cm³/mol. The molecule has 0 fully saturated rings. The largest absolute Gasteiger partial charge is 0.478 e. The minimum absolute atomic E-state index is 0.329. The van der Waals surface area contributed by atoms with Gasteiger partial charge in [-0.25, -0.2) is 4.79 Å². The smallest absolute Gasteiger partial charge is 0.337 e. The molecular formula is C13H17NO4. The fraction of sp³-hybridized carbons (Fsp3) is 0.231. The first-order valence-corrected chi connectivity index (χ1v) is 5.18. The Bertz CT molecular complexity index is 427. The van der Waals surface area contributed by atoms with Gasteiger partial charge in [-0.15, -0.1) is 0 Å². The van der Waals surface area contributed by atoms with Gasteiger partial charge < -0.3 is 14.7 Å². The van der Waals surface area contributed by atoms with Crippen LogP contribution in [0.1, 0.15) is 17.3 Å². The summed E-state index contributed by atoms with van der Waals surface area (Å²) >= 11 is 0. The summed E-state index contributed by atoms with van der Waals surface area (Å²) in [5.41, 5.74) is 1.06. The number of carboxylic acids is 1. The van der Waals surface area contributed by atoms with Crippen LogP contribution in [0, 0.1) is 0 Å². The summed E-state index contributed by atoms with van der Waals surface area (Å²) in [4.78, 5) is 22.2. The van der Waals surface area contributed by atoms with Gasteiger partial charge in [0.1, 0.15) is 0 Å². The summed E-state index contributed by atoms with van der Waals surface area (Å²) in [6, 6.07) is 6.92. The standard InChI is InChI=1S/C9H11NO2.C4H6O2/c1-10(2)8-6-4-3-5-7(8)9(11)12;1-3-6-4(2)5/h3-6H,1-2H3,(H,11,12);3H,1H2,2H3. The molecule has 0 amide bonds. The number of carbonyl (C=O) groups is 2. The Morgan fingerprint density at radius 3 is 2.17 bits per heavy atom. The summed E-state index contributed by atoms with van der Waals surface area (Å²) in [5, 5.41) is 8.79. The molecule has 0 aliphatic heterocycles. The van der Waals surface area contributed by atoms with E-state index in [1.165, 1.54) is 6.92 Å². The van der Waals surface area contributed by atoms with Gasteiger partial charge in [0.25, 0.3) is 0 Å². The zero-order valence-corrected chi connectivity index (χ0v) is 10.7. The number of benzene rings is 1. The molecule has 5 nitrogen and oxygen atoms in total. The quantitative estimate of drug-likeness (QED) is 0.658. The van der Waals surface area contributed by atoms with Crippen LogP contribution in [0.4, 0.5) is 5.69 Å². The van der Waals surface area contributed by atoms with Crippen molar-refractivity contribution in [3.63, 3.8) is 0 Å². The molecular weight excluding hydrogens is 234 g/mol. The van der Waals surface area contributed by atoms with Gasteiger partial charge in [-0.3, -0.25) is 4.79 Å². The lowest BCUT2D eigenvalue weighted by molar-refractivity contribution is -0.135. The summed E-state index contributed by atoms with van der Waals surface area (Å²) in [7, 11) is 3.64. The molecule has 1 aromatic carbocycles. The molecule has 0 aliphatic carbocycles. The molecule has 0 spiro atoms. The van der Waals surface area contributed by atoms with Gasteiger partial charge in [-0.05, 0) is 12.1 Å². The first-order chi connectivity index (χ1) is 8.40. The summed E-state index contributed by atoms with van der Waals surface area (Å²) in [6.07, 6.45) is 1.10. The monoisotopic (exact) mass is 251 g/mol. The van der Waals surface area contributed by atoms with Crippen molar-refractivity contribution < 1.29 is 19.4 Å². The number of anilines is 1. The van der Waals surface area contributed by atoms with E-state index in [1.54, 1.807) is 23.1 Å². The number of carboxylic acid groups (broad SMARTS) is 1. The van der Waals surface area contributed by atoms with E-state index in [2.05, 4.69) is 11.3 Å². The highest BCUT2D eigenvalue weighted by molar-refractivity contribution is 5.94. The van der Waals surface area contributed by atoms with Crippen molar-refractivity contribution >= 4 is 17.6 Å². The first kappa shape index (κ1) is 15.7. The highest BCUT2D eigenvalue weighted by Gasteiger charge is 2.09. The lowest BCUT2D eigenvalue weighted by Crippen LogP contribution is -2.13. The van der Waals surface area contributed by atoms with Crippen molar-refractivity contribution in [2.75, 3.05) is 19.0 Å². The number of aromatic carboxylic acids is 1. The Morgan fingerprint density at radius 1 is 1.33 bits per heavy atom. The van der Waals surface area contributed by atoms with E-state index in [-0.39, 0.29) is 5.97 Å². The number of ether oxygens (including phenoxy) is 1. The van der Waals surface area contributed by atoms with E-state index >= 15 is 0 Å². The molecule has 0 radical (unpaired) electrons. The van der Waals surface area contributed by atoms with Gasteiger partial charge in [0.05, 0.1) is 17.5 Å². The van der Waals surface area contributed by atoms with E-state index in [0.717, 1.165) is 11.9 Å². The Morgan fingerprint density at radius 2 is 1.89 bits per heavy atom. The third kappa shape index (κ3) is 5.69. The van der Waals surface area contributed by atoms with Crippen LogP contribution in [0.25, 0.3) is 0 Å². The molecule has 0 unspecified atom stereocenters. The maximum absolute atomic E-state index is 10.7. The van der Waals surface area contributed by atoms with Crippen molar-refractivity contribution in [2.24, 2.45) is 0 Å². The number of rotatable bonds is 3. The van der Waals surface area contributed by atoms with E-state index in [1.807, 2.05) is 20.2 Å². The molecule has 0 atom stereocenters. The third-order valence-corrected chi connectivity index (χ3v) is 1.87. The molecule has 0 aliphatic rings. The maximum Gasteiger partial charge on any atom is 0.337 e. The van der Waals surface area contributed by atoms with Gasteiger partial charge in [0, 0.05) is 21.0 Å². The fourth-order valence-corrected chi connectivity index (χ4v) is 1.16. The molecule has 0 heterocycles. The summed E-state index contributed by atoms with van der Waals surface area (Å²) in [6.45, 7) is 4.48. The van der Waals surface area contributed by atoms with Gasteiger partial charge in [0.15, 0.2) is 0 Å². The summed E-state index contributed by atoms with van der Waals surface area (Å²) < 4.78 is 4.17. The number of hydrogen-bond donors (Lipinski definition) is 1. The lowest BCUT2D eigenvalue weighted by Gasteiger charge is -2.14. The van der Waals surface area contributed by atoms with Crippen LogP contribution in [0.5, 0.6) is 0 Å². The zero-order chi connectivity index (χ0) is 14.1. The van der Waals surface area contributed by atoms with E-state index < -0.39 is 5.97 Å². The molecule has 1 aromatic rings. The first-order valence-electron chi connectivity index (χ1n) is 5.18. The van der Waals surface area contributed by atoms with Crippen molar-refractivity contribution in [2.45, 2.75) is 6.92 Å². The molecule has 98 valence electrons. The minimum atomic E-state index is -0.890. The van der Waals surface area contributed by atoms with Crippen LogP contribution in [0.15, 0.2) is 37.1 Å². The van der Waals surface area contributed by atoms with E-state index in [0.29, 0.717) is 5.56 Å². The van der Waals surface area contributed by atoms with Crippen LogP contribution in [-0.2, 0) is 9.53 Å². The number of esters is 1. The number of para-hydroxylation sites is 1. The van der Waals surface area contributed by atoms with Gasteiger partial charge in [-0.2, -0.15) is 0 Å². The number of nitrogens with zero attached hydrogens (tertiary/aromatic N) is 1. The van der Waals surface area contributed by atoms with Crippen LogP contribution < -0.4 is 4.90 Å². The third-order valence-electron chi connectivity index (χ3n) is 1.87. The lowest BCUT2D eigenvalue weighted by atomic mass is 10.2. The maximum atomic E-state index is 10.7. The van der Waals surface area contributed by atoms with Crippen LogP contribution >= 0.6 is 0 Å². The van der Waals surface area contributed by atoms with Crippen LogP contribution in [0.3, 0.4) is 0 Å². The fourth-order valence-electron chi connectivity index (χ4n) is 1.16.